The zero-order chi connectivity index (χ0) is 77.9. The second-order valence-electron chi connectivity index (χ2n) is 20.9. The lowest BCUT2D eigenvalue weighted by Gasteiger charge is -2.01. The molecule has 14 aromatic rings. The molecule has 0 bridgehead atoms. The van der Waals surface area contributed by atoms with E-state index in [1.807, 2.05) is 315 Å². The molecular weight excluding hydrogens is 1250 g/mol. The number of benzene rings is 6. The molecule has 0 saturated heterocycles. The van der Waals surface area contributed by atoms with Crippen LogP contribution >= 0.6 is 0 Å². The van der Waals surface area contributed by atoms with E-state index in [2.05, 4.69) is 143 Å². The molecule has 6 aromatic carbocycles. The Labute approximate surface area is 617 Å². The van der Waals surface area contributed by atoms with E-state index in [0.29, 0.717) is 0 Å². The number of rotatable bonds is 0. The Bertz CT molecular complexity index is 3760. The van der Waals surface area contributed by atoms with Crippen LogP contribution in [0.15, 0.2) is 188 Å². The minimum Gasteiger partial charge on any atom is -0.253 e. The molecule has 0 aliphatic rings. The van der Waals surface area contributed by atoms with Gasteiger partial charge in [-0.1, -0.05) is 234 Å². The highest BCUT2D eigenvalue weighted by atomic mass is 14.9. The zero-order valence-corrected chi connectivity index (χ0v) is 68.8. The Kier molecular flexibility index (Phi) is 50.7. The minimum absolute atomic E-state index is 0.839. The van der Waals surface area contributed by atoms with Gasteiger partial charge < -0.3 is 0 Å². The summed E-state index contributed by atoms with van der Waals surface area (Å²) in [5.41, 5.74) is 19.8. The summed E-state index contributed by atoms with van der Waals surface area (Å²) in [6.45, 7) is 64.3. The topological polar surface area (TPSA) is 142 Å². The molecule has 11 nitrogen and oxygen atoms in total. The average Bonchev–Trinajstić information content (AvgIpc) is 0.898. The first-order valence-electron chi connectivity index (χ1n) is 37.2. The maximum absolute atomic E-state index is 4.44. The van der Waals surface area contributed by atoms with Gasteiger partial charge in [-0.3, -0.25) is 15.0 Å². The number of aromatic nitrogens is 11. The number of para-hydroxylation sites is 6. The smallest absolute Gasteiger partial charge is 0.159 e. The van der Waals surface area contributed by atoms with Crippen molar-refractivity contribution in [2.45, 2.75) is 222 Å². The van der Waals surface area contributed by atoms with E-state index < -0.39 is 0 Å². The normalized spacial score (nSPS) is 9.18. The monoisotopic (exact) mass is 1370 g/mol. The SMILES string of the molecule is CC.CC.CC.CC.CC.CC.CC.CC.CC.Cc1cc(C)c2ccccc2n1.Cc1cc(C)c2ccccc2n1.Cc1cc(C)c2ccccc2n1.Cc1cc(C)c2cccnc2n1.Cc1nc(C)c2ccccc2n1.Cc1nc(C)c2ccccc2n1.Cc1nc(C)c2ccccc2n1. The maximum atomic E-state index is 4.44. The van der Waals surface area contributed by atoms with Crippen molar-refractivity contribution in [3.05, 3.63) is 268 Å². The van der Waals surface area contributed by atoms with Crippen LogP contribution in [0, 0.1) is 96.9 Å². The Morgan fingerprint density at radius 1 is 0.186 bits per heavy atom. The highest BCUT2D eigenvalue weighted by Crippen LogP contribution is 2.21. The molecule has 0 aliphatic carbocycles. The molecular formula is C91H127N11. The minimum atomic E-state index is 0.839. The first-order valence-corrected chi connectivity index (χ1v) is 37.2. The molecule has 8 heterocycles. The van der Waals surface area contributed by atoms with Gasteiger partial charge in [-0.15, -0.1) is 0 Å². The quantitative estimate of drug-likeness (QED) is 0.143. The van der Waals surface area contributed by atoms with E-state index in [4.69, 9.17) is 0 Å². The van der Waals surface area contributed by atoms with Gasteiger partial charge in [0.25, 0.3) is 0 Å². The van der Waals surface area contributed by atoms with Crippen molar-refractivity contribution in [2.24, 2.45) is 0 Å². The summed E-state index contributed by atoms with van der Waals surface area (Å²) < 4.78 is 0. The van der Waals surface area contributed by atoms with Crippen LogP contribution in [0.2, 0.25) is 0 Å². The van der Waals surface area contributed by atoms with Crippen LogP contribution in [-0.2, 0) is 0 Å². The number of hydrogen-bond donors (Lipinski definition) is 0. The third-order valence-electron chi connectivity index (χ3n) is 13.8. The van der Waals surface area contributed by atoms with Crippen molar-refractivity contribution in [3.8, 4) is 0 Å². The zero-order valence-electron chi connectivity index (χ0n) is 68.8. The fourth-order valence-electron chi connectivity index (χ4n) is 10.1. The lowest BCUT2D eigenvalue weighted by atomic mass is 10.1. The van der Waals surface area contributed by atoms with Crippen LogP contribution in [0.25, 0.3) is 76.5 Å². The van der Waals surface area contributed by atoms with Crippen LogP contribution < -0.4 is 0 Å². The third kappa shape index (κ3) is 31.3. The number of pyridine rings is 5. The summed E-state index contributed by atoms with van der Waals surface area (Å²) in [6, 6.07) is 61.3. The summed E-state index contributed by atoms with van der Waals surface area (Å²) in [7, 11) is 0. The molecule has 0 aliphatic heterocycles. The number of fused-ring (bicyclic) bond motifs is 7. The molecule has 0 amide bonds. The summed E-state index contributed by atoms with van der Waals surface area (Å²) in [5, 5.41) is 8.33. The lowest BCUT2D eigenvalue weighted by molar-refractivity contribution is 1.05. The third-order valence-corrected chi connectivity index (χ3v) is 13.8. The van der Waals surface area contributed by atoms with E-state index >= 15 is 0 Å². The summed E-state index contributed by atoms with van der Waals surface area (Å²) in [4.78, 5) is 47.7. The van der Waals surface area contributed by atoms with Crippen LogP contribution in [0.4, 0.5) is 0 Å². The molecule has 546 valence electrons. The molecule has 14 rings (SSSR count). The Morgan fingerprint density at radius 2 is 0.382 bits per heavy atom. The molecule has 0 radical (unpaired) electrons. The highest BCUT2D eigenvalue weighted by Gasteiger charge is 2.04. The van der Waals surface area contributed by atoms with Crippen LogP contribution in [-0.4, -0.2) is 54.8 Å². The molecule has 102 heavy (non-hydrogen) atoms. The molecule has 0 N–H and O–H groups in total. The van der Waals surface area contributed by atoms with Gasteiger partial charge in [-0.2, -0.15) is 0 Å². The van der Waals surface area contributed by atoms with E-state index in [9.17, 15) is 0 Å². The number of hydrogen-bond acceptors (Lipinski definition) is 11. The Morgan fingerprint density at radius 3 is 0.637 bits per heavy atom. The van der Waals surface area contributed by atoms with Gasteiger partial charge in [0, 0.05) is 83.8 Å². The van der Waals surface area contributed by atoms with Gasteiger partial charge in [-0.05, 0) is 192 Å². The first-order chi connectivity index (χ1) is 49.4. The molecule has 0 atom stereocenters. The predicted molar refractivity (Wildman–Crippen MR) is 452 cm³/mol. The standard InChI is InChI=1S/3C11H11N.4C10H10N2.9C2H6/c3*1-8-7-9(2)12-11-6-4-3-5-10(8)11;1-7-6-8(2)12-10-9(7)4-3-5-11-10;3*1-7-9-5-3-4-6-10(9)12-8(2)11-7;9*1-2/h3*3-7H,1-2H3;4*3-6H,1-2H3;9*1-2H3. The maximum Gasteiger partial charge on any atom is 0.159 e. The van der Waals surface area contributed by atoms with Gasteiger partial charge in [0.05, 0.1) is 33.1 Å². The van der Waals surface area contributed by atoms with Crippen LogP contribution in [0.1, 0.15) is 204 Å². The fourth-order valence-corrected chi connectivity index (χ4v) is 10.1. The molecule has 0 spiro atoms. The number of aryl methyl sites for hydroxylation is 14. The first kappa shape index (κ1) is 94.2. The van der Waals surface area contributed by atoms with E-state index in [-0.39, 0.29) is 0 Å². The van der Waals surface area contributed by atoms with E-state index in [1.54, 1.807) is 6.20 Å². The molecule has 8 aromatic heterocycles. The van der Waals surface area contributed by atoms with Crippen LogP contribution in [0.3, 0.4) is 0 Å². The van der Waals surface area contributed by atoms with Crippen molar-refractivity contribution < 1.29 is 0 Å². The Balaban J connectivity index is 0. The fraction of sp³-hybridized carbons (Fsp3) is 0.352. The van der Waals surface area contributed by atoms with Gasteiger partial charge in [0.1, 0.15) is 17.5 Å². The van der Waals surface area contributed by atoms with Crippen molar-refractivity contribution in [3.63, 3.8) is 0 Å². The van der Waals surface area contributed by atoms with Crippen LogP contribution in [0.5, 0.6) is 0 Å². The number of nitrogens with zero attached hydrogens (tertiary/aromatic N) is 11. The van der Waals surface area contributed by atoms with Crippen molar-refractivity contribution >= 4 is 76.5 Å². The molecule has 0 fully saturated rings. The summed E-state index contributed by atoms with van der Waals surface area (Å²) in [6.07, 6.45) is 1.77. The highest BCUT2D eigenvalue weighted by molar-refractivity contribution is 5.85. The van der Waals surface area contributed by atoms with Gasteiger partial charge in [0.15, 0.2) is 5.65 Å². The van der Waals surface area contributed by atoms with Gasteiger partial charge in [-0.25, -0.2) is 39.9 Å². The lowest BCUT2D eigenvalue weighted by Crippen LogP contribution is -1.92. The van der Waals surface area contributed by atoms with Crippen molar-refractivity contribution in [1.82, 2.24) is 54.8 Å². The second kappa shape index (κ2) is 54.9. The van der Waals surface area contributed by atoms with E-state index in [1.165, 1.54) is 38.4 Å². The predicted octanol–water partition coefficient (Wildman–Crippen LogP) is 26.8. The molecule has 11 heteroatoms. The van der Waals surface area contributed by atoms with E-state index in [0.717, 1.165) is 118 Å². The summed E-state index contributed by atoms with van der Waals surface area (Å²) in [5.74, 6) is 2.52. The van der Waals surface area contributed by atoms with Gasteiger partial charge in [0.2, 0.25) is 0 Å². The van der Waals surface area contributed by atoms with Crippen molar-refractivity contribution in [1.29, 1.82) is 0 Å². The average molecular weight is 1380 g/mol. The molecule has 0 saturated carbocycles. The summed E-state index contributed by atoms with van der Waals surface area (Å²) >= 11 is 0. The van der Waals surface area contributed by atoms with Crippen molar-refractivity contribution in [2.75, 3.05) is 0 Å². The van der Waals surface area contributed by atoms with Gasteiger partial charge >= 0.3 is 0 Å². The molecule has 0 unspecified atom stereocenters. The Hall–Kier alpha value is -9.87. The second-order valence-corrected chi connectivity index (χ2v) is 20.9. The largest absolute Gasteiger partial charge is 0.253 e.